The Balaban J connectivity index is 0.000000136. The highest BCUT2D eigenvalue weighted by Gasteiger charge is 2.18. The van der Waals surface area contributed by atoms with Gasteiger partial charge in [-0.2, -0.15) is 0 Å². The average molecular weight is 1100 g/mol. The van der Waals surface area contributed by atoms with Crippen molar-refractivity contribution in [1.82, 2.24) is 19.9 Å². The Kier molecular flexibility index (Phi) is 11.7. The Hall–Kier alpha value is -9.96. The molecule has 6 aromatic heterocycles. The van der Waals surface area contributed by atoms with Crippen LogP contribution in [-0.4, -0.2) is 19.9 Å². The number of hydrogen-bond acceptors (Lipinski definition) is 8. The largest absolute Gasteiger partial charge is 0.452 e. The minimum absolute atomic E-state index is 0.719. The van der Waals surface area contributed by atoms with E-state index in [1.54, 1.807) is 12.7 Å². The molecule has 11 aromatic carbocycles. The van der Waals surface area contributed by atoms with E-state index in [0.717, 1.165) is 67.0 Å². The summed E-state index contributed by atoms with van der Waals surface area (Å²) in [6.07, 6.45) is 3.31. The van der Waals surface area contributed by atoms with Crippen LogP contribution in [0, 0.1) is 0 Å². The standard InChI is InChI=1S/C40H24N2S2.C34H20N2OS/c1-3-19-37-31(13-1)33-17-7-15-29(39(33)43-37)25-9-5-11-27(21-25)35-23-36(42-24-41-35)28-12-6-10-26(22-28)30-16-8-18-34-32-14-2-4-20-38(32)44-40(30)34;1-3-16-29-28(13-1)32-33(37-29)31(35-20-36-32)24-11-6-9-22(19-24)21-8-5-10-23(18-21)25-14-7-15-27-26-12-2-4-17-30(26)38-34(25)27/h1-24H;1-20H. The first-order valence-corrected chi connectivity index (χ1v) is 29.7. The molecule has 6 heterocycles. The first kappa shape index (κ1) is 48.0. The number of furan rings is 1. The van der Waals surface area contributed by atoms with Crippen molar-refractivity contribution in [1.29, 1.82) is 0 Å². The molecule has 0 aliphatic rings. The molecule has 0 saturated heterocycles. The minimum atomic E-state index is 0.719. The second-order valence-electron chi connectivity index (χ2n) is 20.5. The smallest absolute Gasteiger partial charge is 0.180 e. The van der Waals surface area contributed by atoms with Gasteiger partial charge in [0.05, 0.1) is 11.4 Å². The maximum absolute atomic E-state index is 6.20. The predicted molar refractivity (Wildman–Crippen MR) is 348 cm³/mol. The molecule has 0 saturated carbocycles. The Bertz CT molecular complexity index is 5010. The third-order valence-electron chi connectivity index (χ3n) is 15.6. The van der Waals surface area contributed by atoms with Crippen molar-refractivity contribution < 1.29 is 4.42 Å². The highest BCUT2D eigenvalue weighted by atomic mass is 32.1. The van der Waals surface area contributed by atoms with E-state index >= 15 is 0 Å². The molecular formula is C74H44N4OS3. The van der Waals surface area contributed by atoms with Crippen LogP contribution in [0.2, 0.25) is 0 Å². The van der Waals surface area contributed by atoms with E-state index in [1.165, 1.54) is 93.9 Å². The number of thiophene rings is 3. The van der Waals surface area contributed by atoms with Crippen molar-refractivity contribution >= 4 is 117 Å². The van der Waals surface area contributed by atoms with E-state index in [-0.39, 0.29) is 0 Å². The highest BCUT2D eigenvalue weighted by Crippen LogP contribution is 2.44. The Morgan fingerprint density at radius 3 is 1.13 bits per heavy atom. The Morgan fingerprint density at radius 2 is 0.634 bits per heavy atom. The van der Waals surface area contributed by atoms with Crippen LogP contribution in [0.15, 0.2) is 272 Å². The van der Waals surface area contributed by atoms with Crippen molar-refractivity contribution in [2.24, 2.45) is 0 Å². The van der Waals surface area contributed by atoms with Gasteiger partial charge in [0.2, 0.25) is 0 Å². The summed E-state index contributed by atoms with van der Waals surface area (Å²) < 4.78 is 14.1. The number of benzene rings is 11. The molecule has 0 N–H and O–H groups in total. The summed E-state index contributed by atoms with van der Waals surface area (Å²) in [5, 5.41) is 8.89. The van der Waals surface area contributed by atoms with Crippen LogP contribution in [0.4, 0.5) is 0 Å². The zero-order chi connectivity index (χ0) is 54.1. The lowest BCUT2D eigenvalue weighted by molar-refractivity contribution is 0.667. The molecule has 0 spiro atoms. The molecular weight excluding hydrogens is 1060 g/mol. The van der Waals surface area contributed by atoms with E-state index in [2.05, 4.69) is 240 Å². The molecule has 0 atom stereocenters. The van der Waals surface area contributed by atoms with Crippen molar-refractivity contribution in [2.45, 2.75) is 0 Å². The van der Waals surface area contributed by atoms with Crippen LogP contribution >= 0.6 is 34.0 Å². The van der Waals surface area contributed by atoms with E-state index < -0.39 is 0 Å². The lowest BCUT2D eigenvalue weighted by Gasteiger charge is -2.09. The molecule has 0 amide bonds. The van der Waals surface area contributed by atoms with Gasteiger partial charge in [0.15, 0.2) is 5.58 Å². The fraction of sp³-hybridized carbons (Fsp3) is 0. The van der Waals surface area contributed by atoms with E-state index in [4.69, 9.17) is 14.4 Å². The lowest BCUT2D eigenvalue weighted by Crippen LogP contribution is -1.90. The van der Waals surface area contributed by atoms with Crippen molar-refractivity contribution in [3.8, 4) is 78.3 Å². The number of para-hydroxylation sites is 1. The van der Waals surface area contributed by atoms with Gasteiger partial charge in [0, 0.05) is 82.6 Å². The summed E-state index contributed by atoms with van der Waals surface area (Å²) in [5.74, 6) is 0. The molecule has 8 heteroatoms. The number of rotatable bonds is 7. The average Bonchev–Trinajstić information content (AvgIpc) is 4.54. The molecule has 17 rings (SSSR count). The first-order chi connectivity index (χ1) is 40.6. The summed E-state index contributed by atoms with van der Waals surface area (Å²) >= 11 is 5.58. The van der Waals surface area contributed by atoms with Gasteiger partial charge >= 0.3 is 0 Å². The summed E-state index contributed by atoms with van der Waals surface area (Å²) in [6, 6.07) is 90.7. The minimum Gasteiger partial charge on any atom is -0.452 e. The number of aromatic nitrogens is 4. The van der Waals surface area contributed by atoms with Crippen molar-refractivity contribution in [2.75, 3.05) is 0 Å². The van der Waals surface area contributed by atoms with Gasteiger partial charge in [-0.3, -0.25) is 0 Å². The second kappa shape index (κ2) is 20.0. The zero-order valence-electron chi connectivity index (χ0n) is 43.8. The summed E-state index contributed by atoms with van der Waals surface area (Å²) in [5.41, 5.74) is 17.9. The van der Waals surface area contributed by atoms with E-state index in [0.29, 0.717) is 0 Å². The summed E-state index contributed by atoms with van der Waals surface area (Å²) in [6.45, 7) is 0. The fourth-order valence-corrected chi connectivity index (χ4v) is 15.4. The monoisotopic (exact) mass is 1100 g/mol. The van der Waals surface area contributed by atoms with Gasteiger partial charge in [0.25, 0.3) is 0 Å². The Labute approximate surface area is 483 Å². The maximum Gasteiger partial charge on any atom is 0.180 e. The molecule has 82 heavy (non-hydrogen) atoms. The van der Waals surface area contributed by atoms with Crippen LogP contribution in [0.5, 0.6) is 0 Å². The molecule has 0 radical (unpaired) electrons. The molecule has 0 fully saturated rings. The molecule has 384 valence electrons. The third kappa shape index (κ3) is 8.34. The molecule has 0 bridgehead atoms. The summed E-state index contributed by atoms with van der Waals surface area (Å²) in [4.78, 5) is 18.6. The highest BCUT2D eigenvalue weighted by molar-refractivity contribution is 7.27. The van der Waals surface area contributed by atoms with Gasteiger partial charge in [-0.15, -0.1) is 34.0 Å². The van der Waals surface area contributed by atoms with Crippen molar-refractivity contribution in [3.05, 3.63) is 267 Å². The molecule has 0 unspecified atom stereocenters. The van der Waals surface area contributed by atoms with Gasteiger partial charge in [-0.1, -0.05) is 194 Å². The van der Waals surface area contributed by atoms with E-state index in [9.17, 15) is 0 Å². The van der Waals surface area contributed by atoms with Gasteiger partial charge in [-0.05, 0) is 105 Å². The number of nitrogens with zero attached hydrogens (tertiary/aromatic N) is 4. The van der Waals surface area contributed by atoms with Crippen LogP contribution < -0.4 is 0 Å². The predicted octanol–water partition coefficient (Wildman–Crippen LogP) is 21.6. The van der Waals surface area contributed by atoms with Crippen LogP contribution in [-0.2, 0) is 0 Å². The van der Waals surface area contributed by atoms with Gasteiger partial charge < -0.3 is 4.42 Å². The normalized spacial score (nSPS) is 11.7. The second-order valence-corrected chi connectivity index (χ2v) is 23.6. The van der Waals surface area contributed by atoms with Crippen LogP contribution in [0.1, 0.15) is 0 Å². The molecule has 0 aliphatic carbocycles. The topological polar surface area (TPSA) is 64.7 Å². The quantitative estimate of drug-likeness (QED) is 0.159. The SMILES string of the molecule is c1cc(-c2cc(-c3cccc(-c4cccc5c4sc4ccccc45)c3)ncn2)cc(-c2cccc3c2sc2ccccc23)c1.c1cc(-c2cccc(-c3cccc4c3sc3ccccc34)c2)cc(-c2ncnc3c2oc2ccccc23)c1. The van der Waals surface area contributed by atoms with E-state index in [1.807, 2.05) is 58.3 Å². The first-order valence-electron chi connectivity index (χ1n) is 27.2. The maximum atomic E-state index is 6.20. The number of fused-ring (bicyclic) bond motifs is 12. The lowest BCUT2D eigenvalue weighted by atomic mass is 9.96. The molecule has 0 aliphatic heterocycles. The van der Waals surface area contributed by atoms with Gasteiger partial charge in [0.1, 0.15) is 29.4 Å². The third-order valence-corrected chi connectivity index (χ3v) is 19.3. The zero-order valence-corrected chi connectivity index (χ0v) is 46.3. The van der Waals surface area contributed by atoms with Crippen molar-refractivity contribution in [3.63, 3.8) is 0 Å². The summed E-state index contributed by atoms with van der Waals surface area (Å²) in [7, 11) is 0. The van der Waals surface area contributed by atoms with Gasteiger partial charge in [-0.25, -0.2) is 19.9 Å². The molecule has 17 aromatic rings. The Morgan fingerprint density at radius 1 is 0.268 bits per heavy atom. The van der Waals surface area contributed by atoms with Crippen LogP contribution in [0.3, 0.4) is 0 Å². The number of hydrogen-bond donors (Lipinski definition) is 0. The molecule has 5 nitrogen and oxygen atoms in total. The van der Waals surface area contributed by atoms with Crippen LogP contribution in [0.25, 0.3) is 161 Å². The fourth-order valence-electron chi connectivity index (χ4n) is 11.7.